The first-order valence-electron chi connectivity index (χ1n) is 9.78. The SMILES string of the molecule is Cc1ccccc1CN1C(=O)C(O)(c2c(C)[nH]c3ccccc23)c2ccccc21. The zero-order valence-electron chi connectivity index (χ0n) is 16.4. The first-order valence-corrected chi connectivity index (χ1v) is 9.78. The van der Waals surface area contributed by atoms with Crippen molar-refractivity contribution in [3.05, 3.63) is 101 Å². The number of hydrogen-bond donors (Lipinski definition) is 2. The molecule has 1 aliphatic rings. The van der Waals surface area contributed by atoms with Crippen molar-refractivity contribution in [2.75, 3.05) is 4.90 Å². The van der Waals surface area contributed by atoms with Crippen LogP contribution in [0, 0.1) is 13.8 Å². The molecule has 2 N–H and O–H groups in total. The largest absolute Gasteiger partial charge is 0.372 e. The summed E-state index contributed by atoms with van der Waals surface area (Å²) >= 11 is 0. The summed E-state index contributed by atoms with van der Waals surface area (Å²) < 4.78 is 0. The van der Waals surface area contributed by atoms with Crippen LogP contribution in [0.25, 0.3) is 10.9 Å². The maximum Gasteiger partial charge on any atom is 0.268 e. The second kappa shape index (κ2) is 6.33. The third kappa shape index (κ3) is 2.46. The van der Waals surface area contributed by atoms with Gasteiger partial charge < -0.3 is 15.0 Å². The molecule has 5 rings (SSSR count). The molecule has 0 radical (unpaired) electrons. The number of aliphatic hydroxyl groups is 1. The van der Waals surface area contributed by atoms with Gasteiger partial charge in [0.15, 0.2) is 5.60 Å². The second-order valence-electron chi connectivity index (χ2n) is 7.72. The van der Waals surface area contributed by atoms with Crippen molar-refractivity contribution in [1.29, 1.82) is 0 Å². The Labute approximate surface area is 169 Å². The predicted molar refractivity (Wildman–Crippen MR) is 115 cm³/mol. The average molecular weight is 382 g/mol. The molecule has 0 fully saturated rings. The van der Waals surface area contributed by atoms with Crippen LogP contribution in [0.5, 0.6) is 0 Å². The highest BCUT2D eigenvalue weighted by Crippen LogP contribution is 2.47. The second-order valence-corrected chi connectivity index (χ2v) is 7.72. The monoisotopic (exact) mass is 382 g/mol. The van der Waals surface area contributed by atoms with Gasteiger partial charge in [0.25, 0.3) is 5.91 Å². The fraction of sp³-hybridized carbons (Fsp3) is 0.160. The summed E-state index contributed by atoms with van der Waals surface area (Å²) in [6.45, 7) is 4.37. The van der Waals surface area contributed by atoms with Gasteiger partial charge in [-0.05, 0) is 37.1 Å². The molecule has 4 aromatic rings. The molecule has 4 nitrogen and oxygen atoms in total. The molecule has 1 aliphatic heterocycles. The van der Waals surface area contributed by atoms with Crippen LogP contribution in [0.2, 0.25) is 0 Å². The molecule has 0 aliphatic carbocycles. The summed E-state index contributed by atoms with van der Waals surface area (Å²) in [5.41, 5.74) is 4.21. The number of aromatic amines is 1. The molecule has 0 spiro atoms. The summed E-state index contributed by atoms with van der Waals surface area (Å²) in [5, 5.41) is 12.8. The Hall–Kier alpha value is -3.37. The Kier molecular flexibility index (Phi) is 3.86. The fourth-order valence-corrected chi connectivity index (χ4v) is 4.53. The minimum absolute atomic E-state index is 0.310. The van der Waals surface area contributed by atoms with Crippen LogP contribution in [0.3, 0.4) is 0 Å². The van der Waals surface area contributed by atoms with E-state index < -0.39 is 5.60 Å². The van der Waals surface area contributed by atoms with E-state index in [-0.39, 0.29) is 5.91 Å². The van der Waals surface area contributed by atoms with Crippen LogP contribution in [-0.4, -0.2) is 16.0 Å². The number of hydrogen-bond acceptors (Lipinski definition) is 2. The summed E-state index contributed by atoms with van der Waals surface area (Å²) in [7, 11) is 0. The van der Waals surface area contributed by atoms with Crippen LogP contribution < -0.4 is 4.90 Å². The third-order valence-electron chi connectivity index (χ3n) is 5.98. The molecule has 1 atom stereocenters. The summed E-state index contributed by atoms with van der Waals surface area (Å²) in [6.07, 6.45) is 0. The van der Waals surface area contributed by atoms with Gasteiger partial charge in [-0.3, -0.25) is 4.79 Å². The maximum absolute atomic E-state index is 13.8. The van der Waals surface area contributed by atoms with Crippen LogP contribution in [0.4, 0.5) is 5.69 Å². The lowest BCUT2D eigenvalue weighted by atomic mass is 9.85. The molecular weight excluding hydrogens is 360 g/mol. The smallest absolute Gasteiger partial charge is 0.268 e. The standard InChI is InChI=1S/C25H22N2O2/c1-16-9-3-4-10-18(16)15-27-22-14-8-6-12-20(22)25(29,24(27)28)23-17(2)26-21-13-7-5-11-19(21)23/h3-14,26,29H,15H2,1-2H3. The zero-order chi connectivity index (χ0) is 20.2. The van der Waals surface area contributed by atoms with Crippen LogP contribution in [0.15, 0.2) is 72.8 Å². The van der Waals surface area contributed by atoms with Crippen molar-refractivity contribution < 1.29 is 9.90 Å². The van der Waals surface area contributed by atoms with Crippen LogP contribution >= 0.6 is 0 Å². The molecule has 0 saturated carbocycles. The number of para-hydroxylation sites is 2. The van der Waals surface area contributed by atoms with Gasteiger partial charge in [-0.15, -0.1) is 0 Å². The molecule has 29 heavy (non-hydrogen) atoms. The van der Waals surface area contributed by atoms with E-state index in [1.54, 1.807) is 4.90 Å². The summed E-state index contributed by atoms with van der Waals surface area (Å²) in [6, 6.07) is 23.4. The van der Waals surface area contributed by atoms with Crippen molar-refractivity contribution in [2.45, 2.75) is 26.0 Å². The van der Waals surface area contributed by atoms with E-state index in [1.807, 2.05) is 86.6 Å². The number of aromatic nitrogens is 1. The van der Waals surface area contributed by atoms with Crippen LogP contribution in [0.1, 0.15) is 27.9 Å². The zero-order valence-corrected chi connectivity index (χ0v) is 16.4. The number of benzene rings is 3. The molecule has 0 bridgehead atoms. The third-order valence-corrected chi connectivity index (χ3v) is 5.98. The van der Waals surface area contributed by atoms with Gasteiger partial charge in [-0.1, -0.05) is 60.7 Å². The van der Waals surface area contributed by atoms with Crippen molar-refractivity contribution in [3.63, 3.8) is 0 Å². The lowest BCUT2D eigenvalue weighted by Gasteiger charge is -2.24. The number of amides is 1. The Bertz CT molecular complexity index is 1260. The van der Waals surface area contributed by atoms with Crippen molar-refractivity contribution >= 4 is 22.5 Å². The first-order chi connectivity index (χ1) is 14.0. The van der Waals surface area contributed by atoms with Gasteiger partial charge in [-0.2, -0.15) is 0 Å². The number of carbonyl (C=O) groups excluding carboxylic acids is 1. The lowest BCUT2D eigenvalue weighted by molar-refractivity contribution is -0.132. The van der Waals surface area contributed by atoms with Gasteiger partial charge in [-0.25, -0.2) is 0 Å². The Balaban J connectivity index is 1.71. The van der Waals surface area contributed by atoms with Gasteiger partial charge >= 0.3 is 0 Å². The molecule has 3 aromatic carbocycles. The molecule has 144 valence electrons. The number of nitrogens with one attached hydrogen (secondary N) is 1. The van der Waals surface area contributed by atoms with Gasteiger partial charge in [0.05, 0.1) is 12.2 Å². The van der Waals surface area contributed by atoms with E-state index in [1.165, 1.54) is 0 Å². The van der Waals surface area contributed by atoms with Gasteiger partial charge in [0.1, 0.15) is 0 Å². The van der Waals surface area contributed by atoms with Crippen molar-refractivity contribution in [2.24, 2.45) is 0 Å². The molecule has 1 aromatic heterocycles. The number of rotatable bonds is 3. The van der Waals surface area contributed by atoms with Crippen LogP contribution in [-0.2, 0) is 16.9 Å². The predicted octanol–water partition coefficient (Wildman–Crippen LogP) is 4.57. The molecule has 1 amide bonds. The molecule has 4 heteroatoms. The molecule has 0 saturated heterocycles. The number of fused-ring (bicyclic) bond motifs is 2. The average Bonchev–Trinajstić information content (AvgIpc) is 3.17. The molecule has 2 heterocycles. The van der Waals surface area contributed by atoms with Crippen molar-refractivity contribution in [1.82, 2.24) is 4.98 Å². The van der Waals surface area contributed by atoms with E-state index in [4.69, 9.17) is 0 Å². The van der Waals surface area contributed by atoms with E-state index in [0.29, 0.717) is 17.7 Å². The molecular formula is C25H22N2O2. The minimum atomic E-state index is -1.72. The number of anilines is 1. The fourth-order valence-electron chi connectivity index (χ4n) is 4.53. The first kappa shape index (κ1) is 17.7. The summed E-state index contributed by atoms with van der Waals surface area (Å²) in [5.74, 6) is -0.310. The number of nitrogens with zero attached hydrogens (tertiary/aromatic N) is 1. The number of aryl methyl sites for hydroxylation is 2. The van der Waals surface area contributed by atoms with E-state index in [0.717, 1.165) is 33.4 Å². The number of carbonyl (C=O) groups is 1. The van der Waals surface area contributed by atoms with E-state index in [9.17, 15) is 9.90 Å². The quantitative estimate of drug-likeness (QED) is 0.545. The van der Waals surface area contributed by atoms with Gasteiger partial charge in [0, 0.05) is 27.7 Å². The normalized spacial score (nSPS) is 18.4. The Morgan fingerprint density at radius 2 is 1.62 bits per heavy atom. The maximum atomic E-state index is 13.8. The van der Waals surface area contributed by atoms with E-state index >= 15 is 0 Å². The number of H-pyrrole nitrogens is 1. The summed E-state index contributed by atoms with van der Waals surface area (Å²) in [4.78, 5) is 18.8. The topological polar surface area (TPSA) is 56.3 Å². The highest BCUT2D eigenvalue weighted by Gasteiger charge is 2.52. The highest BCUT2D eigenvalue weighted by atomic mass is 16.3. The van der Waals surface area contributed by atoms with Crippen molar-refractivity contribution in [3.8, 4) is 0 Å². The van der Waals surface area contributed by atoms with Gasteiger partial charge in [0.2, 0.25) is 0 Å². The minimum Gasteiger partial charge on any atom is -0.372 e. The Morgan fingerprint density at radius 3 is 2.45 bits per heavy atom. The molecule has 1 unspecified atom stereocenters. The highest BCUT2D eigenvalue weighted by molar-refractivity contribution is 6.11. The van der Waals surface area contributed by atoms with E-state index in [2.05, 4.69) is 4.98 Å². The Morgan fingerprint density at radius 1 is 0.931 bits per heavy atom. The lowest BCUT2D eigenvalue weighted by Crippen LogP contribution is -2.41.